The topological polar surface area (TPSA) is 3.24 Å². The van der Waals surface area contributed by atoms with E-state index in [9.17, 15) is 0 Å². The maximum absolute atomic E-state index is 2.36. The van der Waals surface area contributed by atoms with Gasteiger partial charge >= 0.3 is 0 Å². The predicted molar refractivity (Wildman–Crippen MR) is 180 cm³/mol. The van der Waals surface area contributed by atoms with Crippen molar-refractivity contribution in [1.29, 1.82) is 0 Å². The Morgan fingerprint density at radius 3 is 1.29 bits per heavy atom. The number of hydrogen-bond acceptors (Lipinski definition) is 1. The van der Waals surface area contributed by atoms with Gasteiger partial charge in [0, 0.05) is 16.8 Å². The van der Waals surface area contributed by atoms with E-state index in [0.717, 1.165) is 17.1 Å². The zero-order valence-corrected chi connectivity index (χ0v) is 23.6. The first-order valence-electron chi connectivity index (χ1n) is 14.4. The van der Waals surface area contributed by atoms with Crippen molar-refractivity contribution in [2.75, 3.05) is 4.90 Å². The van der Waals surface area contributed by atoms with Crippen molar-refractivity contribution in [3.8, 4) is 33.4 Å². The summed E-state index contributed by atoms with van der Waals surface area (Å²) in [6.45, 7) is 2.12. The lowest BCUT2D eigenvalue weighted by Gasteiger charge is -2.27. The van der Waals surface area contributed by atoms with E-state index >= 15 is 0 Å². The normalized spacial score (nSPS) is 11.0. The first kappa shape index (κ1) is 25.6. The van der Waals surface area contributed by atoms with Crippen molar-refractivity contribution < 1.29 is 0 Å². The molecule has 0 saturated heterocycles. The van der Waals surface area contributed by atoms with Crippen LogP contribution < -0.4 is 4.90 Å². The molecule has 0 aliphatic heterocycles. The smallest absolute Gasteiger partial charge is 0.0540 e. The first-order chi connectivity index (χ1) is 20.7. The third-order valence-electron chi connectivity index (χ3n) is 7.97. The third-order valence-corrected chi connectivity index (χ3v) is 7.97. The summed E-state index contributed by atoms with van der Waals surface area (Å²) in [6.07, 6.45) is 0. The Labute approximate surface area is 248 Å². The molecule has 0 N–H and O–H groups in total. The summed E-state index contributed by atoms with van der Waals surface area (Å²) >= 11 is 0. The lowest BCUT2D eigenvalue weighted by Crippen LogP contribution is -2.10. The second-order valence-electron chi connectivity index (χ2n) is 10.7. The monoisotopic (exact) mass is 537 g/mol. The molecule has 0 fully saturated rings. The Balaban J connectivity index is 1.26. The molecule has 0 saturated carbocycles. The lowest BCUT2D eigenvalue weighted by atomic mass is 9.99. The Kier molecular flexibility index (Phi) is 6.84. The van der Waals surface area contributed by atoms with Crippen molar-refractivity contribution in [1.82, 2.24) is 0 Å². The fraction of sp³-hybridized carbons (Fsp3) is 0.0244. The molecular formula is C41H31N. The van der Waals surface area contributed by atoms with Crippen LogP contribution in [0.2, 0.25) is 0 Å². The summed E-state index contributed by atoms with van der Waals surface area (Å²) in [7, 11) is 0. The number of hydrogen-bond donors (Lipinski definition) is 0. The van der Waals surface area contributed by atoms with E-state index in [0.29, 0.717) is 0 Å². The highest BCUT2D eigenvalue weighted by Crippen LogP contribution is 2.40. The Hall–Kier alpha value is -5.40. The fourth-order valence-electron chi connectivity index (χ4n) is 5.67. The highest BCUT2D eigenvalue weighted by Gasteiger charge is 2.16. The molecule has 0 spiro atoms. The SMILES string of the molecule is Cc1ccc(-c2ccc(N(c3ccc(-c4ccc(-c5ccccc5)cc4)cc3)c3cccc4ccccc34)cc2)cc1. The number of rotatable bonds is 6. The molecule has 200 valence electrons. The molecule has 7 rings (SSSR count). The Bertz CT molecular complexity index is 1930. The molecule has 0 aliphatic rings. The third kappa shape index (κ3) is 5.09. The van der Waals surface area contributed by atoms with E-state index in [4.69, 9.17) is 0 Å². The molecule has 0 aliphatic carbocycles. The highest BCUT2D eigenvalue weighted by atomic mass is 15.1. The number of nitrogens with zero attached hydrogens (tertiary/aromatic N) is 1. The maximum Gasteiger partial charge on any atom is 0.0540 e. The van der Waals surface area contributed by atoms with Crippen molar-refractivity contribution in [3.05, 3.63) is 175 Å². The summed E-state index contributed by atoms with van der Waals surface area (Å²) in [5.74, 6) is 0. The largest absolute Gasteiger partial charge is 0.310 e. The molecule has 0 heterocycles. The van der Waals surface area contributed by atoms with Gasteiger partial charge in [-0.05, 0) is 76.0 Å². The molecule has 7 aromatic carbocycles. The van der Waals surface area contributed by atoms with E-state index in [1.807, 2.05) is 0 Å². The molecule has 1 heteroatoms. The van der Waals surface area contributed by atoms with E-state index in [1.165, 1.54) is 49.7 Å². The van der Waals surface area contributed by atoms with E-state index in [2.05, 4.69) is 182 Å². The van der Waals surface area contributed by atoms with Crippen LogP contribution in [0.4, 0.5) is 17.1 Å². The quantitative estimate of drug-likeness (QED) is 0.204. The van der Waals surface area contributed by atoms with Crippen LogP contribution in [-0.4, -0.2) is 0 Å². The van der Waals surface area contributed by atoms with Crippen molar-refractivity contribution in [2.45, 2.75) is 6.92 Å². The van der Waals surface area contributed by atoms with Crippen LogP contribution in [0.3, 0.4) is 0 Å². The van der Waals surface area contributed by atoms with Gasteiger partial charge in [0.05, 0.1) is 5.69 Å². The molecule has 1 nitrogen and oxygen atoms in total. The number of fused-ring (bicyclic) bond motifs is 1. The minimum atomic E-state index is 1.12. The van der Waals surface area contributed by atoms with Gasteiger partial charge in [-0.15, -0.1) is 0 Å². The molecule has 0 bridgehead atoms. The van der Waals surface area contributed by atoms with Gasteiger partial charge in [0.15, 0.2) is 0 Å². The zero-order chi connectivity index (χ0) is 28.3. The van der Waals surface area contributed by atoms with Gasteiger partial charge in [0.1, 0.15) is 0 Å². The van der Waals surface area contributed by atoms with Gasteiger partial charge < -0.3 is 4.90 Å². The molecule has 42 heavy (non-hydrogen) atoms. The standard InChI is InChI=1S/C41H31N/c1-30-14-16-32(17-15-30)35-22-26-38(27-23-35)42(41-13-7-11-37-10-5-6-12-40(37)41)39-28-24-36(25-29-39)34-20-18-33(19-21-34)31-8-3-2-4-9-31/h2-29H,1H3. The number of anilines is 3. The molecule has 0 atom stereocenters. The summed E-state index contributed by atoms with van der Waals surface area (Å²) in [4.78, 5) is 2.36. The maximum atomic E-state index is 2.36. The van der Waals surface area contributed by atoms with E-state index < -0.39 is 0 Å². The average Bonchev–Trinajstić information content (AvgIpc) is 3.07. The minimum Gasteiger partial charge on any atom is -0.310 e. The summed E-state index contributed by atoms with van der Waals surface area (Å²) in [5, 5.41) is 2.45. The molecule has 0 aromatic heterocycles. The summed E-state index contributed by atoms with van der Waals surface area (Å²) in [5.41, 5.74) is 12.0. The van der Waals surface area contributed by atoms with Crippen LogP contribution in [0, 0.1) is 6.92 Å². The van der Waals surface area contributed by atoms with Crippen LogP contribution in [0.15, 0.2) is 170 Å². The average molecular weight is 538 g/mol. The second-order valence-corrected chi connectivity index (χ2v) is 10.7. The Morgan fingerprint density at radius 2 is 0.738 bits per heavy atom. The fourth-order valence-corrected chi connectivity index (χ4v) is 5.67. The van der Waals surface area contributed by atoms with Crippen molar-refractivity contribution in [2.24, 2.45) is 0 Å². The number of aryl methyl sites for hydroxylation is 1. The molecule has 7 aromatic rings. The number of benzene rings is 7. The predicted octanol–water partition coefficient (Wildman–Crippen LogP) is 11.6. The van der Waals surface area contributed by atoms with Crippen molar-refractivity contribution in [3.63, 3.8) is 0 Å². The minimum absolute atomic E-state index is 1.12. The molecule has 0 unspecified atom stereocenters. The first-order valence-corrected chi connectivity index (χ1v) is 14.4. The molecule has 0 radical (unpaired) electrons. The van der Waals surface area contributed by atoms with Gasteiger partial charge in [0.2, 0.25) is 0 Å². The van der Waals surface area contributed by atoms with Crippen LogP contribution in [-0.2, 0) is 0 Å². The van der Waals surface area contributed by atoms with Crippen molar-refractivity contribution >= 4 is 27.8 Å². The van der Waals surface area contributed by atoms with Gasteiger partial charge in [-0.2, -0.15) is 0 Å². The second kappa shape index (κ2) is 11.2. The van der Waals surface area contributed by atoms with Crippen LogP contribution >= 0.6 is 0 Å². The lowest BCUT2D eigenvalue weighted by molar-refractivity contribution is 1.30. The summed E-state index contributed by atoms with van der Waals surface area (Å²) in [6, 6.07) is 61.1. The van der Waals surface area contributed by atoms with Gasteiger partial charge in [-0.1, -0.05) is 145 Å². The van der Waals surface area contributed by atoms with Crippen LogP contribution in [0.5, 0.6) is 0 Å². The Morgan fingerprint density at radius 1 is 0.333 bits per heavy atom. The molecule has 0 amide bonds. The van der Waals surface area contributed by atoms with Gasteiger partial charge in [-0.25, -0.2) is 0 Å². The summed E-state index contributed by atoms with van der Waals surface area (Å²) < 4.78 is 0. The van der Waals surface area contributed by atoms with E-state index in [1.54, 1.807) is 0 Å². The van der Waals surface area contributed by atoms with Gasteiger partial charge in [-0.3, -0.25) is 0 Å². The van der Waals surface area contributed by atoms with Crippen LogP contribution in [0.25, 0.3) is 44.2 Å². The van der Waals surface area contributed by atoms with E-state index in [-0.39, 0.29) is 0 Å². The molecular weight excluding hydrogens is 506 g/mol. The van der Waals surface area contributed by atoms with Gasteiger partial charge in [0.25, 0.3) is 0 Å². The van der Waals surface area contributed by atoms with Crippen LogP contribution in [0.1, 0.15) is 5.56 Å². The zero-order valence-electron chi connectivity index (χ0n) is 23.6. The highest BCUT2D eigenvalue weighted by molar-refractivity contribution is 5.99.